The molecule has 90 valence electrons. The van der Waals surface area contributed by atoms with E-state index >= 15 is 0 Å². The molecule has 2 N–H and O–H groups in total. The molecule has 0 saturated heterocycles. The highest BCUT2D eigenvalue weighted by Gasteiger charge is 2.10. The van der Waals surface area contributed by atoms with E-state index in [2.05, 4.69) is 15.6 Å². The number of amides is 1. The molecule has 1 amide bonds. The number of hydrogen-bond acceptors (Lipinski definition) is 4. The normalized spacial score (nSPS) is 11.4. The number of thiazole rings is 1. The monoisotopic (exact) mass is 241 g/mol. The van der Waals surface area contributed by atoms with E-state index in [4.69, 9.17) is 0 Å². The minimum atomic E-state index is -0.0216. The van der Waals surface area contributed by atoms with E-state index in [0.717, 1.165) is 12.1 Å². The van der Waals surface area contributed by atoms with Gasteiger partial charge in [0, 0.05) is 23.9 Å². The van der Waals surface area contributed by atoms with Crippen LogP contribution in [-0.2, 0) is 11.2 Å². The molecule has 0 aromatic carbocycles. The Bertz CT molecular complexity index is 316. The van der Waals surface area contributed by atoms with Crippen molar-refractivity contribution in [2.45, 2.75) is 32.7 Å². The molecule has 1 rings (SSSR count). The standard InChI is InChI=1S/C11H19N3OS/c1-11(2,3)14-6-10(15)12-5-4-9-7-16-8-13-9/h7-8,14H,4-6H2,1-3H3,(H,12,15). The van der Waals surface area contributed by atoms with Crippen molar-refractivity contribution in [3.8, 4) is 0 Å². The van der Waals surface area contributed by atoms with Crippen molar-refractivity contribution in [3.63, 3.8) is 0 Å². The van der Waals surface area contributed by atoms with Gasteiger partial charge >= 0.3 is 0 Å². The number of nitrogens with zero attached hydrogens (tertiary/aromatic N) is 1. The molecule has 0 bridgehead atoms. The zero-order valence-electron chi connectivity index (χ0n) is 10.0. The summed E-state index contributed by atoms with van der Waals surface area (Å²) < 4.78 is 0. The largest absolute Gasteiger partial charge is 0.355 e. The number of rotatable bonds is 5. The van der Waals surface area contributed by atoms with Gasteiger partial charge in [-0.05, 0) is 20.8 Å². The summed E-state index contributed by atoms with van der Waals surface area (Å²) in [5.41, 5.74) is 2.82. The van der Waals surface area contributed by atoms with Crippen molar-refractivity contribution >= 4 is 17.2 Å². The number of hydrogen-bond donors (Lipinski definition) is 2. The first-order valence-corrected chi connectivity index (χ1v) is 6.30. The fourth-order valence-corrected chi connectivity index (χ4v) is 1.69. The van der Waals surface area contributed by atoms with Crippen molar-refractivity contribution in [1.29, 1.82) is 0 Å². The highest BCUT2D eigenvalue weighted by molar-refractivity contribution is 7.07. The predicted octanol–water partition coefficient (Wildman–Crippen LogP) is 1.19. The van der Waals surface area contributed by atoms with E-state index in [1.54, 1.807) is 16.8 Å². The molecule has 0 atom stereocenters. The number of aromatic nitrogens is 1. The Hall–Kier alpha value is -0.940. The van der Waals surface area contributed by atoms with E-state index in [-0.39, 0.29) is 11.4 Å². The van der Waals surface area contributed by atoms with Crippen molar-refractivity contribution in [2.24, 2.45) is 0 Å². The third-order valence-corrected chi connectivity index (χ3v) is 2.60. The molecule has 1 aromatic heterocycles. The highest BCUT2D eigenvalue weighted by Crippen LogP contribution is 2.00. The fraction of sp³-hybridized carbons (Fsp3) is 0.636. The lowest BCUT2D eigenvalue weighted by Gasteiger charge is -2.19. The minimum Gasteiger partial charge on any atom is -0.355 e. The lowest BCUT2D eigenvalue weighted by Crippen LogP contribution is -2.43. The predicted molar refractivity (Wildman–Crippen MR) is 66.6 cm³/mol. The van der Waals surface area contributed by atoms with Crippen LogP contribution >= 0.6 is 11.3 Å². The van der Waals surface area contributed by atoms with Crippen molar-refractivity contribution < 1.29 is 4.79 Å². The van der Waals surface area contributed by atoms with Crippen LogP contribution in [0.3, 0.4) is 0 Å². The molecule has 0 saturated carbocycles. The summed E-state index contributed by atoms with van der Waals surface area (Å²) in [4.78, 5) is 15.6. The molecule has 0 fully saturated rings. The molecule has 0 aliphatic carbocycles. The van der Waals surface area contributed by atoms with E-state index < -0.39 is 0 Å². The molecular formula is C11H19N3OS. The van der Waals surface area contributed by atoms with Gasteiger partial charge in [0.25, 0.3) is 0 Å². The van der Waals surface area contributed by atoms with E-state index in [9.17, 15) is 4.79 Å². The molecule has 0 radical (unpaired) electrons. The Morgan fingerprint density at radius 2 is 2.25 bits per heavy atom. The molecule has 0 aliphatic heterocycles. The summed E-state index contributed by atoms with van der Waals surface area (Å²) in [7, 11) is 0. The third kappa shape index (κ3) is 5.82. The summed E-state index contributed by atoms with van der Waals surface area (Å²) in [6.45, 7) is 7.12. The molecule has 16 heavy (non-hydrogen) atoms. The highest BCUT2D eigenvalue weighted by atomic mass is 32.1. The van der Waals surface area contributed by atoms with Gasteiger partial charge in [-0.1, -0.05) is 0 Å². The second-order valence-electron chi connectivity index (χ2n) is 4.68. The summed E-state index contributed by atoms with van der Waals surface area (Å²) in [6.07, 6.45) is 0.796. The Kier molecular flexibility index (Phi) is 4.89. The lowest BCUT2D eigenvalue weighted by molar-refractivity contribution is -0.120. The van der Waals surface area contributed by atoms with Crippen molar-refractivity contribution in [3.05, 3.63) is 16.6 Å². The Labute approximate surface area is 100 Å². The first-order valence-electron chi connectivity index (χ1n) is 5.36. The summed E-state index contributed by atoms with van der Waals surface area (Å²) in [5, 5.41) is 8.00. The molecule has 5 heteroatoms. The number of nitrogens with one attached hydrogen (secondary N) is 2. The third-order valence-electron chi connectivity index (χ3n) is 1.97. The van der Waals surface area contributed by atoms with Gasteiger partial charge < -0.3 is 10.6 Å². The van der Waals surface area contributed by atoms with Crippen LogP contribution in [0, 0.1) is 0 Å². The molecule has 0 spiro atoms. The first-order chi connectivity index (χ1) is 7.47. The average Bonchev–Trinajstić information content (AvgIpc) is 2.66. The van der Waals surface area contributed by atoms with Crippen LogP contribution < -0.4 is 10.6 Å². The topological polar surface area (TPSA) is 54.0 Å². The van der Waals surface area contributed by atoms with Gasteiger partial charge in [-0.15, -0.1) is 11.3 Å². The smallest absolute Gasteiger partial charge is 0.233 e. The van der Waals surface area contributed by atoms with Gasteiger partial charge in [0.1, 0.15) is 0 Å². The molecule has 0 aliphatic rings. The van der Waals surface area contributed by atoms with Crippen LogP contribution in [0.25, 0.3) is 0 Å². The van der Waals surface area contributed by atoms with Gasteiger partial charge in [-0.25, -0.2) is 4.98 Å². The van der Waals surface area contributed by atoms with Crippen LogP contribution in [0.5, 0.6) is 0 Å². The molecule has 4 nitrogen and oxygen atoms in total. The van der Waals surface area contributed by atoms with E-state index in [1.165, 1.54) is 0 Å². The molecule has 1 aromatic rings. The maximum Gasteiger partial charge on any atom is 0.233 e. The summed E-state index contributed by atoms with van der Waals surface area (Å²) >= 11 is 1.58. The first kappa shape index (κ1) is 13.1. The average molecular weight is 241 g/mol. The quantitative estimate of drug-likeness (QED) is 0.814. The van der Waals surface area contributed by atoms with Gasteiger partial charge in [0.2, 0.25) is 5.91 Å². The van der Waals surface area contributed by atoms with Crippen LogP contribution in [-0.4, -0.2) is 29.5 Å². The zero-order chi connectivity index (χ0) is 12.0. The van der Waals surface area contributed by atoms with E-state index in [1.807, 2.05) is 26.2 Å². The Morgan fingerprint density at radius 3 is 2.81 bits per heavy atom. The summed E-state index contributed by atoms with van der Waals surface area (Å²) in [6, 6.07) is 0. The van der Waals surface area contributed by atoms with Gasteiger partial charge in [-0.3, -0.25) is 4.79 Å². The number of carbonyl (C=O) groups is 1. The van der Waals surface area contributed by atoms with E-state index in [0.29, 0.717) is 13.1 Å². The van der Waals surface area contributed by atoms with Crippen molar-refractivity contribution in [2.75, 3.05) is 13.1 Å². The fourth-order valence-electron chi connectivity index (χ4n) is 1.10. The van der Waals surface area contributed by atoms with Gasteiger partial charge in [0.05, 0.1) is 17.7 Å². The van der Waals surface area contributed by atoms with Crippen LogP contribution in [0.15, 0.2) is 10.9 Å². The Morgan fingerprint density at radius 1 is 1.50 bits per heavy atom. The minimum absolute atomic E-state index is 0.0216. The van der Waals surface area contributed by atoms with Crippen LogP contribution in [0.1, 0.15) is 26.5 Å². The Balaban J connectivity index is 2.11. The van der Waals surface area contributed by atoms with Crippen molar-refractivity contribution in [1.82, 2.24) is 15.6 Å². The summed E-state index contributed by atoms with van der Waals surface area (Å²) in [5.74, 6) is 0.0326. The molecule has 1 heterocycles. The second kappa shape index (κ2) is 5.96. The van der Waals surface area contributed by atoms with Gasteiger partial charge in [-0.2, -0.15) is 0 Å². The zero-order valence-corrected chi connectivity index (χ0v) is 10.9. The molecular weight excluding hydrogens is 222 g/mol. The van der Waals surface area contributed by atoms with Gasteiger partial charge in [0.15, 0.2) is 0 Å². The maximum absolute atomic E-state index is 11.4. The van der Waals surface area contributed by atoms with Crippen LogP contribution in [0.4, 0.5) is 0 Å². The number of carbonyl (C=O) groups excluding carboxylic acids is 1. The van der Waals surface area contributed by atoms with Crippen LogP contribution in [0.2, 0.25) is 0 Å². The maximum atomic E-state index is 11.4. The second-order valence-corrected chi connectivity index (χ2v) is 5.40. The SMILES string of the molecule is CC(C)(C)NCC(=O)NCCc1cscn1. The molecule has 0 unspecified atom stereocenters. The lowest BCUT2D eigenvalue weighted by atomic mass is 10.1.